The third kappa shape index (κ3) is 1.92. The van der Waals surface area contributed by atoms with Crippen LogP contribution in [-0.2, 0) is 19.2 Å². The molecule has 2 saturated heterocycles. The number of rotatable bonds is 0. The maximum absolute atomic E-state index is 13.6. The van der Waals surface area contributed by atoms with Gasteiger partial charge in [0.25, 0.3) is 0 Å². The van der Waals surface area contributed by atoms with E-state index in [1.807, 2.05) is 6.92 Å². The Balaban J connectivity index is 1.84. The van der Waals surface area contributed by atoms with Gasteiger partial charge in [0.15, 0.2) is 0 Å². The average Bonchev–Trinajstić information content (AvgIpc) is 2.78. The molecule has 0 aromatic rings. The molecule has 164 valence electrons. The van der Waals surface area contributed by atoms with Crippen molar-refractivity contribution in [1.29, 1.82) is 0 Å². The van der Waals surface area contributed by atoms with E-state index in [1.165, 1.54) is 12.0 Å². The summed E-state index contributed by atoms with van der Waals surface area (Å²) in [5.74, 6) is -5.10. The van der Waals surface area contributed by atoms with Crippen LogP contribution in [0.2, 0.25) is 0 Å². The van der Waals surface area contributed by atoms with E-state index < -0.39 is 40.2 Å². The largest absolute Gasteiger partial charge is 0.387 e. The van der Waals surface area contributed by atoms with Crippen molar-refractivity contribution in [2.24, 2.45) is 34.0 Å². The summed E-state index contributed by atoms with van der Waals surface area (Å²) >= 11 is 0. The summed E-state index contributed by atoms with van der Waals surface area (Å²) < 4.78 is 0. The predicted octanol–water partition coefficient (Wildman–Crippen LogP) is 1.76. The van der Waals surface area contributed by atoms with Crippen molar-refractivity contribution < 1.29 is 29.4 Å². The lowest BCUT2D eigenvalue weighted by Gasteiger charge is -2.69. The quantitative estimate of drug-likeness (QED) is 0.460. The van der Waals surface area contributed by atoms with Gasteiger partial charge in [-0.15, -0.1) is 0 Å². The number of aliphatic hydroxyl groups excluding tert-OH is 1. The van der Waals surface area contributed by atoms with Crippen molar-refractivity contribution in [2.75, 3.05) is 0 Å². The maximum Gasteiger partial charge on any atom is 0.243 e. The molecular formula is C23H31NO6. The number of amides is 1. The number of allylic oxidation sites excluding steroid dienone is 1. The summed E-state index contributed by atoms with van der Waals surface area (Å²) in [4.78, 5) is 45.2. The maximum atomic E-state index is 13.6. The van der Waals surface area contributed by atoms with E-state index in [0.717, 1.165) is 6.42 Å². The summed E-state index contributed by atoms with van der Waals surface area (Å²) in [6.07, 6.45) is 1.54. The van der Waals surface area contributed by atoms with Gasteiger partial charge >= 0.3 is 0 Å². The minimum Gasteiger partial charge on any atom is -0.387 e. The zero-order valence-corrected chi connectivity index (χ0v) is 18.1. The van der Waals surface area contributed by atoms with Gasteiger partial charge in [-0.2, -0.15) is 0 Å². The molecule has 30 heavy (non-hydrogen) atoms. The molecule has 2 N–H and O–H groups in total. The molecule has 6 aliphatic rings. The van der Waals surface area contributed by atoms with Crippen molar-refractivity contribution in [3.63, 3.8) is 0 Å². The first-order valence-corrected chi connectivity index (χ1v) is 11.0. The highest BCUT2D eigenvalue weighted by Crippen LogP contribution is 2.74. The highest BCUT2D eigenvalue weighted by atomic mass is 16.8. The van der Waals surface area contributed by atoms with E-state index in [4.69, 9.17) is 4.84 Å². The Bertz CT molecular complexity index is 896. The van der Waals surface area contributed by atoms with Gasteiger partial charge < -0.3 is 10.2 Å². The van der Waals surface area contributed by atoms with Gasteiger partial charge in [-0.05, 0) is 54.9 Å². The van der Waals surface area contributed by atoms with E-state index in [1.54, 1.807) is 0 Å². The van der Waals surface area contributed by atoms with Crippen molar-refractivity contribution >= 4 is 17.5 Å². The number of hydroxylamine groups is 2. The first kappa shape index (κ1) is 20.3. The van der Waals surface area contributed by atoms with Crippen molar-refractivity contribution in [1.82, 2.24) is 5.06 Å². The molecule has 7 nitrogen and oxygen atoms in total. The summed E-state index contributed by atoms with van der Waals surface area (Å²) in [6.45, 7) is 11.4. The SMILES string of the molecule is C=C1C(=O)C(=O)C23C[C@H]1CC[C@H]2[C@@]1(C)[C@@H]2[C@H](O)[C@@]3(O)ON(C(C)=O)[C@@H]1CCC2(C)C. The molecule has 6 bridgehead atoms. The number of carbonyl (C=O) groups is 3. The third-order valence-electron chi connectivity index (χ3n) is 9.59. The van der Waals surface area contributed by atoms with Gasteiger partial charge in [-0.3, -0.25) is 14.4 Å². The molecule has 4 saturated carbocycles. The first-order chi connectivity index (χ1) is 13.8. The lowest BCUT2D eigenvalue weighted by atomic mass is 9.35. The Hall–Kier alpha value is -1.57. The molecular weight excluding hydrogens is 386 g/mol. The van der Waals surface area contributed by atoms with Gasteiger partial charge in [0.2, 0.25) is 23.3 Å². The van der Waals surface area contributed by atoms with Gasteiger partial charge in [0.1, 0.15) is 6.10 Å². The zero-order chi connectivity index (χ0) is 22.0. The number of ketones is 2. The van der Waals surface area contributed by atoms with E-state index in [2.05, 4.69) is 20.4 Å². The molecule has 0 radical (unpaired) electrons. The van der Waals surface area contributed by atoms with Crippen molar-refractivity contribution in [2.45, 2.75) is 77.7 Å². The highest BCUT2D eigenvalue weighted by Gasteiger charge is 2.83. The molecule has 0 aromatic heterocycles. The van der Waals surface area contributed by atoms with Crippen molar-refractivity contribution in [3.05, 3.63) is 12.2 Å². The standard InChI is InChI=1S/C23H31NO6/c1-11-13-6-7-14-21(5)15-8-9-20(3,4)17(21)19(28)23(29,30-24(15)12(2)25)22(14,10-13)18(27)16(11)26/h13-15,17,19,28-29H,1,6-10H2,2-5H3/t13-,14+,15-,17-,19+,21-,22?,23-/m1/s1. The highest BCUT2D eigenvalue weighted by molar-refractivity contribution is 6.46. The molecule has 6 rings (SSSR count). The minimum absolute atomic E-state index is 0.218. The molecule has 8 atom stereocenters. The number of fused-ring (bicyclic) bond motifs is 2. The number of Topliss-reactive ketones (excluding diaryl/α,β-unsaturated/α-hetero) is 2. The third-order valence-corrected chi connectivity index (χ3v) is 9.59. The molecule has 0 aromatic carbocycles. The Morgan fingerprint density at radius 1 is 1.20 bits per heavy atom. The minimum atomic E-state index is -2.34. The first-order valence-electron chi connectivity index (χ1n) is 11.0. The predicted molar refractivity (Wildman–Crippen MR) is 105 cm³/mol. The second-order valence-electron chi connectivity index (χ2n) is 11.1. The van der Waals surface area contributed by atoms with Crippen molar-refractivity contribution in [3.8, 4) is 0 Å². The van der Waals surface area contributed by atoms with Crippen LogP contribution in [-0.4, -0.2) is 50.7 Å². The molecule has 6 fully saturated rings. The van der Waals surface area contributed by atoms with Crippen LogP contribution in [0.4, 0.5) is 0 Å². The van der Waals surface area contributed by atoms with E-state index in [-0.39, 0.29) is 41.2 Å². The van der Waals surface area contributed by atoms with Crippen LogP contribution in [0.15, 0.2) is 12.2 Å². The van der Waals surface area contributed by atoms with Crippen LogP contribution in [0.3, 0.4) is 0 Å². The second kappa shape index (κ2) is 5.61. The van der Waals surface area contributed by atoms with Crippen LogP contribution < -0.4 is 0 Å². The fraction of sp³-hybridized carbons (Fsp3) is 0.783. The number of nitrogens with zero attached hydrogens (tertiary/aromatic N) is 1. The van der Waals surface area contributed by atoms with Crippen LogP contribution in [0.5, 0.6) is 0 Å². The van der Waals surface area contributed by atoms with Gasteiger partial charge in [-0.25, -0.2) is 9.90 Å². The average molecular weight is 418 g/mol. The topological polar surface area (TPSA) is 104 Å². The number of hydrogen-bond acceptors (Lipinski definition) is 6. The van der Waals surface area contributed by atoms with Crippen LogP contribution in [0, 0.1) is 34.0 Å². The number of carbonyl (C=O) groups excluding carboxylic acids is 3. The molecule has 7 heteroatoms. The van der Waals surface area contributed by atoms with E-state index in [0.29, 0.717) is 19.3 Å². The molecule has 4 aliphatic carbocycles. The molecule has 2 heterocycles. The summed E-state index contributed by atoms with van der Waals surface area (Å²) in [7, 11) is 0. The summed E-state index contributed by atoms with van der Waals surface area (Å²) in [6, 6.07) is -0.384. The second-order valence-corrected chi connectivity index (χ2v) is 11.1. The fourth-order valence-corrected chi connectivity index (χ4v) is 8.46. The molecule has 1 spiro atoms. The van der Waals surface area contributed by atoms with Crippen LogP contribution >= 0.6 is 0 Å². The lowest BCUT2D eigenvalue weighted by molar-refractivity contribution is -0.399. The van der Waals surface area contributed by atoms with E-state index >= 15 is 0 Å². The summed E-state index contributed by atoms with van der Waals surface area (Å²) in [5.41, 5.74) is -2.31. The Morgan fingerprint density at radius 3 is 2.50 bits per heavy atom. The number of aliphatic hydroxyl groups is 2. The van der Waals surface area contributed by atoms with Gasteiger partial charge in [0.05, 0.1) is 11.5 Å². The molecule has 1 unspecified atom stereocenters. The molecule has 2 aliphatic heterocycles. The summed E-state index contributed by atoms with van der Waals surface area (Å²) in [5, 5.41) is 25.0. The molecule has 1 amide bonds. The normalized spacial score (nSPS) is 51.5. The van der Waals surface area contributed by atoms with Gasteiger partial charge in [0, 0.05) is 18.3 Å². The monoisotopic (exact) mass is 417 g/mol. The fourth-order valence-electron chi connectivity index (χ4n) is 8.46. The Labute approximate surface area is 176 Å². The lowest BCUT2D eigenvalue weighted by Crippen LogP contribution is -2.78. The zero-order valence-electron chi connectivity index (χ0n) is 18.1. The van der Waals surface area contributed by atoms with Crippen LogP contribution in [0.1, 0.15) is 59.8 Å². The Kier molecular flexibility index (Phi) is 3.81. The van der Waals surface area contributed by atoms with Gasteiger partial charge in [-0.1, -0.05) is 27.4 Å². The Morgan fingerprint density at radius 2 is 1.87 bits per heavy atom. The van der Waals surface area contributed by atoms with Crippen LogP contribution in [0.25, 0.3) is 0 Å². The smallest absolute Gasteiger partial charge is 0.243 e. The number of hydrogen-bond donors (Lipinski definition) is 2. The van der Waals surface area contributed by atoms with E-state index in [9.17, 15) is 24.6 Å².